The molecule has 1 aliphatic heterocycles. The summed E-state index contributed by atoms with van der Waals surface area (Å²) in [5, 5.41) is 12.5. The van der Waals surface area contributed by atoms with Crippen LogP contribution in [0.1, 0.15) is 24.3 Å². The zero-order valence-corrected chi connectivity index (χ0v) is 30.1. The quantitative estimate of drug-likeness (QED) is 0.0363. The van der Waals surface area contributed by atoms with Gasteiger partial charge in [-0.1, -0.05) is 96.4 Å². The number of carbonyl (C=O) groups is 3. The second-order valence-corrected chi connectivity index (χ2v) is 15.1. The van der Waals surface area contributed by atoms with Crippen molar-refractivity contribution in [3.63, 3.8) is 0 Å². The van der Waals surface area contributed by atoms with E-state index in [2.05, 4.69) is 9.97 Å². The molecule has 1 amide bonds. The summed E-state index contributed by atoms with van der Waals surface area (Å²) < 4.78 is 11.6. The third kappa shape index (κ3) is 7.46. The van der Waals surface area contributed by atoms with Crippen molar-refractivity contribution in [2.24, 2.45) is 5.92 Å². The number of non-ortho nitro benzene ring substituents is 1. The number of aromatic nitrogens is 2. The van der Waals surface area contributed by atoms with Crippen molar-refractivity contribution in [1.82, 2.24) is 14.9 Å². The normalized spacial score (nSPS) is 15.8. The summed E-state index contributed by atoms with van der Waals surface area (Å²) in [5.41, 5.74) is 0.744. The van der Waals surface area contributed by atoms with E-state index in [4.69, 9.17) is 22.1 Å². The molecule has 2 heterocycles. The van der Waals surface area contributed by atoms with Crippen molar-refractivity contribution in [3.8, 4) is 0 Å². The van der Waals surface area contributed by atoms with Crippen molar-refractivity contribution < 1.29 is 51.2 Å². The summed E-state index contributed by atoms with van der Waals surface area (Å²) in [4.78, 5) is 61.9. The number of amides is 1. The van der Waals surface area contributed by atoms with E-state index in [1.807, 2.05) is 91.0 Å². The number of likely N-dealkylation sites (tertiary alicyclic amines) is 1. The van der Waals surface area contributed by atoms with Crippen LogP contribution in [0, 0.1) is 16.0 Å². The van der Waals surface area contributed by atoms with Crippen LogP contribution in [0.25, 0.3) is 0 Å². The topological polar surface area (TPSA) is 142 Å². The Kier molecular flexibility index (Phi) is 12.1. The van der Waals surface area contributed by atoms with Gasteiger partial charge in [-0.25, -0.2) is 14.8 Å². The minimum atomic E-state index is -3.26. The standard InChI is InChI=1S/C37H31N4O7PS.Ag/c1-25(42)48-33(31-21-22-38-24-39-31)32-34(43)40(36(32)50)35(37(44)47-23-26-17-19-27(20-18-26)41(45)46)49(28-11-5-2-6-12-28,29-13-7-3-8-14-29)30-15-9-4-10-16-30;/h2-22,24,32-33,36,50H,23H2,1H3;/q;+1/p-1. The van der Waals surface area contributed by atoms with Gasteiger partial charge in [-0.3, -0.25) is 19.7 Å². The Bertz CT molecular complexity index is 1970. The van der Waals surface area contributed by atoms with E-state index in [1.54, 1.807) is 6.07 Å². The predicted octanol–water partition coefficient (Wildman–Crippen LogP) is 4.19. The van der Waals surface area contributed by atoms with Crippen LogP contribution in [0.15, 0.2) is 134 Å². The number of esters is 2. The van der Waals surface area contributed by atoms with Gasteiger partial charge < -0.3 is 27.0 Å². The van der Waals surface area contributed by atoms with Crippen LogP contribution in [0.5, 0.6) is 0 Å². The third-order valence-electron chi connectivity index (χ3n) is 8.28. The number of nitrogens with zero attached hydrogens (tertiary/aromatic N) is 4. The van der Waals surface area contributed by atoms with Crippen molar-refractivity contribution >= 4 is 64.4 Å². The fraction of sp³-hybridized carbons (Fsp3) is 0.135. The van der Waals surface area contributed by atoms with Gasteiger partial charge in [0.05, 0.1) is 16.5 Å². The molecule has 1 saturated heterocycles. The Hall–Kier alpha value is -4.84. The van der Waals surface area contributed by atoms with Gasteiger partial charge in [0.15, 0.2) is 6.10 Å². The molecular formula is C37H30AgN4O7PS. The van der Waals surface area contributed by atoms with Crippen LogP contribution in [0.2, 0.25) is 0 Å². The monoisotopic (exact) mass is 812 g/mol. The van der Waals surface area contributed by atoms with Crippen LogP contribution < -0.4 is 15.9 Å². The number of nitro groups is 1. The molecule has 51 heavy (non-hydrogen) atoms. The number of benzene rings is 4. The van der Waals surface area contributed by atoms with Crippen LogP contribution in [-0.2, 0) is 65.5 Å². The minimum absolute atomic E-state index is 0. The number of rotatable bonds is 11. The smallest absolute Gasteiger partial charge is 0.767 e. The Morgan fingerprint density at radius 3 is 1.84 bits per heavy atom. The van der Waals surface area contributed by atoms with Crippen molar-refractivity contribution in [3.05, 3.63) is 155 Å². The van der Waals surface area contributed by atoms with Crippen molar-refractivity contribution in [2.45, 2.75) is 25.0 Å². The summed E-state index contributed by atoms with van der Waals surface area (Å²) in [6.45, 7) is -2.26. The predicted molar refractivity (Wildman–Crippen MR) is 191 cm³/mol. The van der Waals surface area contributed by atoms with Crippen LogP contribution >= 0.6 is 6.89 Å². The molecule has 1 aliphatic rings. The largest absolute Gasteiger partial charge is 1.00 e. The SMILES string of the molecule is CC(=O)OC(c1ccncn1)C1C(=O)N(C(C(=O)OCc2ccc([N+](=O)[O-])cc2)=P(c2ccccc2)(c2ccccc2)c2ccccc2)C1[S-].[Ag+]. The molecule has 4 aromatic carbocycles. The van der Waals surface area contributed by atoms with E-state index in [1.165, 1.54) is 48.6 Å². The van der Waals surface area contributed by atoms with Gasteiger partial charge >= 0.3 is 34.3 Å². The Labute approximate surface area is 315 Å². The fourth-order valence-electron chi connectivity index (χ4n) is 6.05. The van der Waals surface area contributed by atoms with E-state index in [-0.39, 0.29) is 40.1 Å². The van der Waals surface area contributed by atoms with E-state index in [9.17, 15) is 24.5 Å². The molecule has 11 nitrogen and oxygen atoms in total. The average molecular weight is 814 g/mol. The van der Waals surface area contributed by atoms with Crippen LogP contribution in [0.4, 0.5) is 5.69 Å². The summed E-state index contributed by atoms with van der Waals surface area (Å²) in [5.74, 6) is -3.01. The van der Waals surface area contributed by atoms with Gasteiger partial charge in [-0.05, 0) is 39.7 Å². The first-order valence-electron chi connectivity index (χ1n) is 15.5. The maximum Gasteiger partial charge on any atom is 1.00 e. The van der Waals surface area contributed by atoms with Crippen LogP contribution in [-0.4, -0.2) is 48.4 Å². The molecule has 262 valence electrons. The number of carbonyl (C=O) groups excluding carboxylic acids is 3. The van der Waals surface area contributed by atoms with Gasteiger partial charge in [0.1, 0.15) is 18.4 Å². The molecule has 3 unspecified atom stereocenters. The maximum absolute atomic E-state index is 14.8. The van der Waals surface area contributed by atoms with Crippen LogP contribution in [0.3, 0.4) is 0 Å². The molecule has 0 aliphatic carbocycles. The summed E-state index contributed by atoms with van der Waals surface area (Å²) in [6, 6.07) is 35.5. The summed E-state index contributed by atoms with van der Waals surface area (Å²) >= 11 is 6.04. The number of nitro benzene ring substituents is 1. The second kappa shape index (κ2) is 16.5. The van der Waals surface area contributed by atoms with Crippen molar-refractivity contribution in [1.29, 1.82) is 0 Å². The van der Waals surface area contributed by atoms with Gasteiger partial charge in [-0.2, -0.15) is 0 Å². The number of hydrogen-bond acceptors (Lipinski definition) is 10. The number of β-lactam (4-membered cyclic amide) rings is 1. The Balaban J connectivity index is 0.00000504. The molecule has 5 aromatic rings. The molecule has 14 heteroatoms. The molecule has 0 N–H and O–H groups in total. The molecule has 0 saturated carbocycles. The van der Waals surface area contributed by atoms with Gasteiger partial charge in [0.25, 0.3) is 5.69 Å². The van der Waals surface area contributed by atoms with E-state index in [0.29, 0.717) is 11.3 Å². The zero-order chi connectivity index (χ0) is 35.3. The van der Waals surface area contributed by atoms with E-state index in [0.717, 1.165) is 15.9 Å². The zero-order valence-electron chi connectivity index (χ0n) is 26.9. The molecule has 3 atom stereocenters. The molecule has 1 fully saturated rings. The van der Waals surface area contributed by atoms with E-state index >= 15 is 0 Å². The Morgan fingerprint density at radius 2 is 1.41 bits per heavy atom. The molecular weight excluding hydrogens is 783 g/mol. The molecule has 0 radical (unpaired) electrons. The molecule has 6 rings (SSSR count). The number of hydrogen-bond donors (Lipinski definition) is 0. The first kappa shape index (κ1) is 37.4. The molecule has 1 aromatic heterocycles. The van der Waals surface area contributed by atoms with Gasteiger partial charge in [-0.15, -0.1) is 0 Å². The van der Waals surface area contributed by atoms with Crippen molar-refractivity contribution in [2.75, 3.05) is 0 Å². The van der Waals surface area contributed by atoms with E-state index < -0.39 is 47.1 Å². The summed E-state index contributed by atoms with van der Waals surface area (Å²) in [7, 11) is 0. The van der Waals surface area contributed by atoms with Gasteiger partial charge in [0, 0.05) is 32.1 Å². The number of ether oxygens (including phenoxy) is 2. The average Bonchev–Trinajstić information content (AvgIpc) is 3.15. The maximum atomic E-state index is 14.8. The Morgan fingerprint density at radius 1 is 0.882 bits per heavy atom. The third-order valence-corrected chi connectivity index (χ3v) is 13.0. The first-order valence-corrected chi connectivity index (χ1v) is 17.8. The fourth-order valence-corrected chi connectivity index (χ4v) is 11.0. The summed E-state index contributed by atoms with van der Waals surface area (Å²) in [6.07, 6.45) is 1.63. The molecule has 0 spiro atoms. The minimum Gasteiger partial charge on any atom is -0.767 e. The van der Waals surface area contributed by atoms with Gasteiger partial charge in [0.2, 0.25) is 5.91 Å². The first-order chi connectivity index (χ1) is 24.2. The molecule has 0 bridgehead atoms. The second-order valence-electron chi connectivity index (χ2n) is 11.3.